The number of imide groups is 1. The van der Waals surface area contributed by atoms with Crippen molar-refractivity contribution in [3.8, 4) is 5.75 Å². The van der Waals surface area contributed by atoms with E-state index in [1.54, 1.807) is 23.1 Å². The number of hydrogen-bond acceptors (Lipinski definition) is 7. The maximum absolute atomic E-state index is 13.0. The molecular weight excluding hydrogens is 562 g/mol. The molecule has 37 heavy (non-hydrogen) atoms. The van der Waals surface area contributed by atoms with Crippen LogP contribution in [0.1, 0.15) is 16.7 Å². The molecule has 2 aromatic rings. The zero-order valence-electron chi connectivity index (χ0n) is 20.4. The van der Waals surface area contributed by atoms with Gasteiger partial charge >= 0.3 is 0 Å². The van der Waals surface area contributed by atoms with E-state index in [1.165, 1.54) is 6.08 Å². The van der Waals surface area contributed by atoms with E-state index in [1.807, 2.05) is 32.0 Å². The van der Waals surface area contributed by atoms with Crippen molar-refractivity contribution in [3.05, 3.63) is 62.5 Å². The van der Waals surface area contributed by atoms with E-state index in [0.29, 0.717) is 43.3 Å². The second-order valence-electron chi connectivity index (χ2n) is 8.60. The molecule has 2 fully saturated rings. The number of anilines is 1. The number of nitrogens with zero attached hydrogens (tertiary/aromatic N) is 2. The number of amides is 4. The van der Waals surface area contributed by atoms with Crippen molar-refractivity contribution in [1.29, 1.82) is 0 Å². The number of benzene rings is 2. The average molecular weight is 588 g/mol. The number of carbonyl (C=O) groups excluding carboxylic acids is 4. The van der Waals surface area contributed by atoms with Gasteiger partial charge in [0.1, 0.15) is 12.3 Å². The van der Waals surface area contributed by atoms with E-state index in [9.17, 15) is 19.2 Å². The van der Waals surface area contributed by atoms with Gasteiger partial charge in [-0.3, -0.25) is 24.1 Å². The van der Waals surface area contributed by atoms with Crippen LogP contribution < -0.4 is 10.1 Å². The molecule has 0 radical (unpaired) electrons. The van der Waals surface area contributed by atoms with Crippen molar-refractivity contribution in [2.75, 3.05) is 44.8 Å². The zero-order valence-corrected chi connectivity index (χ0v) is 22.8. The summed E-state index contributed by atoms with van der Waals surface area (Å²) in [5.74, 6) is -0.802. The molecule has 2 aliphatic rings. The smallest absolute Gasteiger partial charge is 0.294 e. The van der Waals surface area contributed by atoms with E-state index in [2.05, 4.69) is 21.2 Å². The van der Waals surface area contributed by atoms with Crippen LogP contribution in [-0.4, -0.2) is 72.2 Å². The predicted octanol–water partition coefficient (Wildman–Crippen LogP) is 3.98. The van der Waals surface area contributed by atoms with Gasteiger partial charge in [0, 0.05) is 28.8 Å². The molecule has 2 aliphatic heterocycles. The molecule has 0 bridgehead atoms. The van der Waals surface area contributed by atoms with Gasteiger partial charge in [0.15, 0.2) is 6.61 Å². The van der Waals surface area contributed by atoms with E-state index >= 15 is 0 Å². The van der Waals surface area contributed by atoms with E-state index < -0.39 is 11.1 Å². The van der Waals surface area contributed by atoms with Gasteiger partial charge in [-0.2, -0.15) is 0 Å². The Hall–Kier alpha value is -3.15. The number of morpholine rings is 1. The van der Waals surface area contributed by atoms with Gasteiger partial charge in [-0.05, 0) is 67.1 Å². The highest BCUT2D eigenvalue weighted by Gasteiger charge is 2.37. The summed E-state index contributed by atoms with van der Waals surface area (Å²) in [5, 5.41) is 2.34. The fourth-order valence-electron chi connectivity index (χ4n) is 3.79. The molecule has 0 unspecified atom stereocenters. The fourth-order valence-corrected chi connectivity index (χ4v) is 5.00. The number of aryl methyl sites for hydroxylation is 2. The molecule has 9 nitrogen and oxygen atoms in total. The van der Waals surface area contributed by atoms with Gasteiger partial charge in [0.2, 0.25) is 5.91 Å². The molecule has 0 saturated carbocycles. The Morgan fingerprint density at radius 1 is 1.14 bits per heavy atom. The minimum Gasteiger partial charge on any atom is -0.483 e. The topological polar surface area (TPSA) is 105 Å². The highest BCUT2D eigenvalue weighted by atomic mass is 79.9. The highest BCUT2D eigenvalue weighted by Crippen LogP contribution is 2.35. The van der Waals surface area contributed by atoms with Gasteiger partial charge in [-0.15, -0.1) is 0 Å². The molecule has 2 saturated heterocycles. The molecule has 0 aliphatic carbocycles. The molecule has 0 spiro atoms. The standard InChI is InChI=1S/C26H26BrN3O6S/c1-16-3-4-17(2)20(11-16)28-23(31)15-36-21-6-5-19(27)12-18(21)13-22-25(33)30(26(34)37-22)14-24(32)29-7-9-35-10-8-29/h3-6,11-13H,7-10,14-15H2,1-2H3,(H,28,31)/b22-13-. The first kappa shape index (κ1) is 26.9. The van der Waals surface area contributed by atoms with Crippen molar-refractivity contribution in [1.82, 2.24) is 9.80 Å². The molecule has 0 aromatic heterocycles. The third kappa shape index (κ3) is 6.79. The van der Waals surface area contributed by atoms with E-state index in [-0.39, 0.29) is 29.9 Å². The lowest BCUT2D eigenvalue weighted by molar-refractivity contribution is -0.139. The Labute approximate surface area is 227 Å². The van der Waals surface area contributed by atoms with Crippen LogP contribution in [0.3, 0.4) is 0 Å². The molecule has 4 rings (SSSR count). The third-order valence-electron chi connectivity index (χ3n) is 5.82. The van der Waals surface area contributed by atoms with Crippen molar-refractivity contribution in [2.45, 2.75) is 13.8 Å². The minimum absolute atomic E-state index is 0.169. The van der Waals surface area contributed by atoms with Gasteiger partial charge < -0.3 is 19.7 Å². The first-order valence-electron chi connectivity index (χ1n) is 11.6. The number of halogens is 1. The molecule has 2 aromatic carbocycles. The molecule has 4 amide bonds. The van der Waals surface area contributed by atoms with Crippen molar-refractivity contribution in [2.24, 2.45) is 0 Å². The summed E-state index contributed by atoms with van der Waals surface area (Å²) in [6.07, 6.45) is 1.53. The third-order valence-corrected chi connectivity index (χ3v) is 7.22. The average Bonchev–Trinajstić information content (AvgIpc) is 3.13. The van der Waals surface area contributed by atoms with Crippen molar-refractivity contribution in [3.63, 3.8) is 0 Å². The number of thioether (sulfide) groups is 1. The first-order chi connectivity index (χ1) is 17.7. The van der Waals surface area contributed by atoms with Crippen LogP contribution in [0.4, 0.5) is 10.5 Å². The van der Waals surface area contributed by atoms with Crippen LogP contribution in [0.5, 0.6) is 5.75 Å². The summed E-state index contributed by atoms with van der Waals surface area (Å²) in [6, 6.07) is 10.9. The quantitative estimate of drug-likeness (QED) is 0.488. The van der Waals surface area contributed by atoms with Gasteiger partial charge in [-0.1, -0.05) is 28.1 Å². The highest BCUT2D eigenvalue weighted by molar-refractivity contribution is 9.10. The normalized spacial score (nSPS) is 16.9. The van der Waals surface area contributed by atoms with Crippen molar-refractivity contribution < 1.29 is 28.7 Å². The van der Waals surface area contributed by atoms with Crippen LogP contribution in [0.2, 0.25) is 0 Å². The van der Waals surface area contributed by atoms with Crippen LogP contribution in [0.25, 0.3) is 6.08 Å². The number of hydrogen-bond donors (Lipinski definition) is 1. The Balaban J connectivity index is 1.44. The van der Waals surface area contributed by atoms with Gasteiger partial charge in [0.25, 0.3) is 17.1 Å². The van der Waals surface area contributed by atoms with Gasteiger partial charge in [-0.25, -0.2) is 0 Å². The number of ether oxygens (including phenoxy) is 2. The summed E-state index contributed by atoms with van der Waals surface area (Å²) in [5.41, 5.74) is 3.19. The Morgan fingerprint density at radius 3 is 2.65 bits per heavy atom. The minimum atomic E-state index is -0.546. The van der Waals surface area contributed by atoms with Gasteiger partial charge in [0.05, 0.1) is 18.1 Å². The molecule has 1 N–H and O–H groups in total. The monoisotopic (exact) mass is 587 g/mol. The van der Waals surface area contributed by atoms with Crippen LogP contribution in [0.15, 0.2) is 45.8 Å². The lowest BCUT2D eigenvalue weighted by Crippen LogP contribution is -2.46. The fraction of sp³-hybridized carbons (Fsp3) is 0.308. The van der Waals surface area contributed by atoms with Crippen molar-refractivity contribution >= 4 is 62.4 Å². The summed E-state index contributed by atoms with van der Waals surface area (Å²) in [4.78, 5) is 53.3. The van der Waals surface area contributed by atoms with E-state index in [0.717, 1.165) is 32.3 Å². The summed E-state index contributed by atoms with van der Waals surface area (Å²) >= 11 is 4.17. The summed E-state index contributed by atoms with van der Waals surface area (Å²) in [6.45, 7) is 5.02. The zero-order chi connectivity index (χ0) is 26.5. The first-order valence-corrected chi connectivity index (χ1v) is 13.2. The molecule has 194 valence electrons. The number of rotatable bonds is 7. The SMILES string of the molecule is Cc1ccc(C)c(NC(=O)COc2ccc(Br)cc2/C=C2\SC(=O)N(CC(=O)N3CCOCC3)C2=O)c1. The molecule has 0 atom stereocenters. The second-order valence-corrected chi connectivity index (χ2v) is 10.5. The Bertz CT molecular complexity index is 1270. The maximum Gasteiger partial charge on any atom is 0.294 e. The van der Waals surface area contributed by atoms with Crippen LogP contribution >= 0.6 is 27.7 Å². The lowest BCUT2D eigenvalue weighted by atomic mass is 10.1. The largest absolute Gasteiger partial charge is 0.483 e. The molecule has 11 heteroatoms. The summed E-state index contributed by atoms with van der Waals surface area (Å²) < 4.78 is 11.7. The Kier molecular flexibility index (Phi) is 8.67. The van der Waals surface area contributed by atoms with E-state index in [4.69, 9.17) is 9.47 Å². The van der Waals surface area contributed by atoms with Crippen LogP contribution in [-0.2, 0) is 19.1 Å². The predicted molar refractivity (Wildman–Crippen MR) is 144 cm³/mol. The Morgan fingerprint density at radius 2 is 1.89 bits per heavy atom. The van der Waals surface area contributed by atoms with Crippen LogP contribution in [0, 0.1) is 13.8 Å². The number of carbonyl (C=O) groups is 4. The maximum atomic E-state index is 13.0. The molecular formula is C26H26BrN3O6S. The second kappa shape index (κ2) is 11.9. The number of nitrogens with one attached hydrogen (secondary N) is 1. The molecule has 2 heterocycles. The lowest BCUT2D eigenvalue weighted by Gasteiger charge is -2.28. The summed E-state index contributed by atoms with van der Waals surface area (Å²) in [7, 11) is 0.